The van der Waals surface area contributed by atoms with Crippen LogP contribution in [0.2, 0.25) is 0 Å². The van der Waals surface area contributed by atoms with E-state index in [1.54, 1.807) is 20.8 Å². The Labute approximate surface area is 347 Å². The number of carbonyl (C=O) groups is 5. The number of rotatable bonds is 22. The molecule has 314 valence electrons. The fraction of sp³-hybridized carbons (Fsp3) is 0.383. The molecule has 0 aromatic heterocycles. The average molecular weight is 807 g/mol. The number of ether oxygens (including phenoxy) is 3. The van der Waals surface area contributed by atoms with Crippen molar-refractivity contribution in [1.29, 1.82) is 0 Å². The molecule has 0 fully saturated rings. The Hall–Kier alpha value is -6.01. The van der Waals surface area contributed by atoms with Crippen LogP contribution in [0, 0.1) is 0 Å². The largest absolute Gasteiger partial charge is 0.460 e. The highest BCUT2D eigenvalue weighted by molar-refractivity contribution is 5.85. The number of hydrogen-bond acceptors (Lipinski definition) is 9. The Morgan fingerprint density at radius 2 is 1.15 bits per heavy atom. The average Bonchev–Trinajstić information content (AvgIpc) is 3.24. The lowest BCUT2D eigenvalue weighted by Crippen LogP contribution is -2.50. The first-order valence-corrected chi connectivity index (χ1v) is 20.2. The predicted octanol–water partition coefficient (Wildman–Crippen LogP) is 6.81. The number of hydrogen-bond donors (Lipinski definition) is 4. The van der Waals surface area contributed by atoms with Crippen molar-refractivity contribution in [2.45, 2.75) is 103 Å². The van der Waals surface area contributed by atoms with Gasteiger partial charge >= 0.3 is 18.0 Å². The molecule has 3 amide bonds. The zero-order valence-corrected chi connectivity index (χ0v) is 34.5. The molecule has 0 bridgehead atoms. The minimum atomic E-state index is -0.976. The molecule has 3 atom stereocenters. The van der Waals surface area contributed by atoms with Crippen LogP contribution >= 0.6 is 0 Å². The molecule has 59 heavy (non-hydrogen) atoms. The van der Waals surface area contributed by atoms with E-state index >= 15 is 0 Å². The van der Waals surface area contributed by atoms with Gasteiger partial charge in [0, 0.05) is 20.0 Å². The van der Waals surface area contributed by atoms with Crippen molar-refractivity contribution in [3.8, 4) is 11.1 Å². The summed E-state index contributed by atoms with van der Waals surface area (Å²) >= 11 is 0. The molecule has 4 aromatic carbocycles. The molecule has 4 N–H and O–H groups in total. The van der Waals surface area contributed by atoms with Crippen LogP contribution in [-0.2, 0) is 53.0 Å². The summed E-state index contributed by atoms with van der Waals surface area (Å²) in [6.45, 7) is 5.75. The van der Waals surface area contributed by atoms with Crippen LogP contribution in [-0.4, -0.2) is 67.2 Å². The van der Waals surface area contributed by atoms with Gasteiger partial charge in [-0.1, -0.05) is 115 Å². The number of likely N-dealkylation sites (N-methyl/N-ethyl adjacent to an activating group) is 1. The van der Waals surface area contributed by atoms with Crippen LogP contribution in [0.5, 0.6) is 0 Å². The Kier molecular flexibility index (Phi) is 18.6. The summed E-state index contributed by atoms with van der Waals surface area (Å²) in [6, 6.07) is 34.1. The third kappa shape index (κ3) is 17.2. The Balaban J connectivity index is 1.33. The lowest BCUT2D eigenvalue weighted by atomic mass is 10.00. The molecule has 12 heteroatoms. The normalized spacial score (nSPS) is 12.6. The van der Waals surface area contributed by atoms with Gasteiger partial charge in [0.25, 0.3) is 0 Å². The third-order valence-electron chi connectivity index (χ3n) is 9.35. The van der Waals surface area contributed by atoms with Gasteiger partial charge in [-0.05, 0) is 87.1 Å². The van der Waals surface area contributed by atoms with Crippen LogP contribution in [0.4, 0.5) is 4.79 Å². The van der Waals surface area contributed by atoms with Crippen LogP contribution < -0.4 is 21.3 Å². The van der Waals surface area contributed by atoms with Gasteiger partial charge in [0.2, 0.25) is 11.8 Å². The van der Waals surface area contributed by atoms with E-state index in [4.69, 9.17) is 14.2 Å². The van der Waals surface area contributed by atoms with E-state index in [0.717, 1.165) is 27.8 Å². The van der Waals surface area contributed by atoms with Crippen LogP contribution in [0.15, 0.2) is 115 Å². The van der Waals surface area contributed by atoms with E-state index in [0.29, 0.717) is 38.6 Å². The molecule has 0 unspecified atom stereocenters. The number of aryl methyl sites for hydroxylation is 1. The van der Waals surface area contributed by atoms with Crippen molar-refractivity contribution >= 4 is 29.8 Å². The monoisotopic (exact) mass is 806 g/mol. The van der Waals surface area contributed by atoms with Gasteiger partial charge in [0.1, 0.15) is 36.9 Å². The SMILES string of the molecule is CNC(=O)[C@H](CCCCNC(=O)CC[C@@H](N[C@@H](CCc1ccc(-c2ccccc2)cc1)C(=O)OCc1ccccc1)C(=O)OC(C)(C)C)NC(=O)OCc1ccccc1. The number of unbranched alkanes of at least 4 members (excludes halogenated alkanes) is 1. The lowest BCUT2D eigenvalue weighted by Gasteiger charge is -2.27. The second kappa shape index (κ2) is 24.0. The molecule has 0 aliphatic heterocycles. The molecule has 0 aliphatic rings. The maximum Gasteiger partial charge on any atom is 0.408 e. The summed E-state index contributed by atoms with van der Waals surface area (Å²) < 4.78 is 16.7. The number of esters is 2. The Morgan fingerprint density at radius 3 is 1.75 bits per heavy atom. The van der Waals surface area contributed by atoms with Crippen molar-refractivity contribution in [3.05, 3.63) is 132 Å². The smallest absolute Gasteiger partial charge is 0.408 e. The van der Waals surface area contributed by atoms with Crippen molar-refractivity contribution in [3.63, 3.8) is 0 Å². The van der Waals surface area contributed by atoms with Gasteiger partial charge in [-0.15, -0.1) is 0 Å². The summed E-state index contributed by atoms with van der Waals surface area (Å²) in [5, 5.41) is 11.3. The van der Waals surface area contributed by atoms with Crippen molar-refractivity contribution in [1.82, 2.24) is 21.3 Å². The van der Waals surface area contributed by atoms with E-state index < -0.39 is 41.8 Å². The van der Waals surface area contributed by atoms with Crippen molar-refractivity contribution in [2.24, 2.45) is 0 Å². The topological polar surface area (TPSA) is 161 Å². The van der Waals surface area contributed by atoms with Gasteiger partial charge in [0.05, 0.1) is 0 Å². The van der Waals surface area contributed by atoms with E-state index in [1.165, 1.54) is 7.05 Å². The maximum absolute atomic E-state index is 13.6. The Bertz CT molecular complexity index is 1900. The van der Waals surface area contributed by atoms with Gasteiger partial charge in [-0.2, -0.15) is 0 Å². The highest BCUT2D eigenvalue weighted by Gasteiger charge is 2.31. The second-order valence-corrected chi connectivity index (χ2v) is 15.3. The quantitative estimate of drug-likeness (QED) is 0.0380. The number of amides is 3. The van der Waals surface area contributed by atoms with E-state index in [1.807, 2.05) is 115 Å². The summed E-state index contributed by atoms with van der Waals surface area (Å²) in [5.41, 5.74) is 4.05. The minimum absolute atomic E-state index is 0.0146. The molecule has 0 radical (unpaired) electrons. The molecule has 12 nitrogen and oxygen atoms in total. The van der Waals surface area contributed by atoms with Gasteiger partial charge < -0.3 is 30.2 Å². The first-order chi connectivity index (χ1) is 28.4. The standard InChI is InChI=1S/C47H58N4O8/c1-47(2,3)59-45(55)41(29-30-42(52)49-31-15-14-22-39(43(53)48-4)51-46(56)58-33-36-18-10-6-11-19-36)50-40(44(54)57-32-35-16-8-5-9-17-35)28-25-34-23-26-38(27-24-34)37-20-12-7-13-21-37/h5-13,16-21,23-24,26-27,39-41,50H,14-15,22,25,28-33H2,1-4H3,(H,48,53)(H,49,52)(H,51,56)/t39-,40-,41+/m0/s1. The molecule has 0 aliphatic carbocycles. The molecule has 0 heterocycles. The van der Waals surface area contributed by atoms with E-state index in [-0.39, 0.29) is 37.9 Å². The van der Waals surface area contributed by atoms with Gasteiger partial charge in [0.15, 0.2) is 0 Å². The number of benzene rings is 4. The van der Waals surface area contributed by atoms with Crippen molar-refractivity contribution < 1.29 is 38.2 Å². The first kappa shape index (κ1) is 45.7. The summed E-state index contributed by atoms with van der Waals surface area (Å²) in [6.07, 6.45) is 1.62. The Morgan fingerprint density at radius 1 is 0.593 bits per heavy atom. The number of alkyl carbamates (subject to hydrolysis) is 1. The fourth-order valence-electron chi connectivity index (χ4n) is 6.20. The summed E-state index contributed by atoms with van der Waals surface area (Å²) in [4.78, 5) is 65.1. The van der Waals surface area contributed by atoms with Crippen LogP contribution in [0.3, 0.4) is 0 Å². The predicted molar refractivity (Wildman–Crippen MR) is 227 cm³/mol. The van der Waals surface area contributed by atoms with Crippen LogP contribution in [0.25, 0.3) is 11.1 Å². The van der Waals surface area contributed by atoms with Crippen LogP contribution in [0.1, 0.15) is 76.0 Å². The zero-order chi connectivity index (χ0) is 42.5. The number of carbonyl (C=O) groups excluding carboxylic acids is 5. The van der Waals surface area contributed by atoms with E-state index in [2.05, 4.69) is 21.3 Å². The first-order valence-electron chi connectivity index (χ1n) is 20.2. The second-order valence-electron chi connectivity index (χ2n) is 15.3. The third-order valence-corrected chi connectivity index (χ3v) is 9.35. The fourth-order valence-corrected chi connectivity index (χ4v) is 6.20. The van der Waals surface area contributed by atoms with E-state index in [9.17, 15) is 24.0 Å². The van der Waals surface area contributed by atoms with Gasteiger partial charge in [-0.25, -0.2) is 4.79 Å². The molecule has 0 saturated carbocycles. The molecule has 4 aromatic rings. The number of nitrogens with one attached hydrogen (secondary N) is 4. The lowest BCUT2D eigenvalue weighted by molar-refractivity contribution is -0.158. The molecule has 4 rings (SSSR count). The highest BCUT2D eigenvalue weighted by Crippen LogP contribution is 2.21. The molecule has 0 saturated heterocycles. The summed E-state index contributed by atoms with van der Waals surface area (Å²) in [7, 11) is 1.49. The molecule has 0 spiro atoms. The molecular formula is C47H58N4O8. The molecular weight excluding hydrogens is 749 g/mol. The maximum atomic E-state index is 13.6. The zero-order valence-electron chi connectivity index (χ0n) is 34.5. The van der Waals surface area contributed by atoms with Gasteiger partial charge in [-0.3, -0.25) is 24.5 Å². The van der Waals surface area contributed by atoms with Crippen molar-refractivity contribution in [2.75, 3.05) is 13.6 Å². The summed E-state index contributed by atoms with van der Waals surface area (Å²) in [5.74, 6) is -1.72. The highest BCUT2D eigenvalue weighted by atomic mass is 16.6. The minimum Gasteiger partial charge on any atom is -0.460 e.